The molecule has 0 saturated carbocycles. The molecule has 0 unspecified atom stereocenters. The van der Waals surface area contributed by atoms with Gasteiger partial charge in [-0.25, -0.2) is 4.39 Å². The monoisotopic (exact) mass is 312 g/mol. The van der Waals surface area contributed by atoms with E-state index in [4.69, 9.17) is 28.9 Å². The van der Waals surface area contributed by atoms with Gasteiger partial charge in [-0.1, -0.05) is 29.3 Å². The molecule has 3 nitrogen and oxygen atoms in total. The maximum atomic E-state index is 13.3. The number of nitrogens with one attached hydrogen (secondary N) is 1. The zero-order chi connectivity index (χ0) is 14.7. The topological polar surface area (TPSA) is 55.1 Å². The number of rotatable bonds is 4. The minimum atomic E-state index is -0.641. The van der Waals surface area contributed by atoms with Gasteiger partial charge in [-0.15, -0.1) is 0 Å². The second-order valence-corrected chi connectivity index (χ2v) is 4.92. The van der Waals surface area contributed by atoms with E-state index in [-0.39, 0.29) is 12.1 Å². The summed E-state index contributed by atoms with van der Waals surface area (Å²) >= 11 is 12.1. The Bertz CT molecular complexity index is 641. The lowest BCUT2D eigenvalue weighted by Crippen LogP contribution is -2.14. The first-order valence-electron chi connectivity index (χ1n) is 5.75. The van der Waals surface area contributed by atoms with Crippen LogP contribution in [0.4, 0.5) is 10.1 Å². The van der Waals surface area contributed by atoms with Crippen LogP contribution in [0.25, 0.3) is 0 Å². The fourth-order valence-electron chi connectivity index (χ4n) is 1.76. The quantitative estimate of drug-likeness (QED) is 0.901. The number of hydrogen-bond donors (Lipinski definition) is 2. The van der Waals surface area contributed by atoms with Gasteiger partial charge in [0.05, 0.1) is 11.3 Å². The van der Waals surface area contributed by atoms with Crippen LogP contribution in [-0.2, 0) is 6.54 Å². The molecule has 0 aliphatic carbocycles. The first kappa shape index (κ1) is 14.6. The predicted octanol–water partition coefficient (Wildman–Crippen LogP) is 3.84. The predicted molar refractivity (Wildman–Crippen MR) is 78.7 cm³/mol. The van der Waals surface area contributed by atoms with Crippen molar-refractivity contribution in [3.63, 3.8) is 0 Å². The number of halogens is 3. The normalized spacial score (nSPS) is 10.3. The summed E-state index contributed by atoms with van der Waals surface area (Å²) in [5.41, 5.74) is 6.41. The number of carbonyl (C=O) groups excluding carboxylic acids is 1. The van der Waals surface area contributed by atoms with Crippen molar-refractivity contribution in [2.45, 2.75) is 6.54 Å². The van der Waals surface area contributed by atoms with E-state index >= 15 is 0 Å². The molecule has 0 saturated heterocycles. The van der Waals surface area contributed by atoms with Crippen LogP contribution in [0.2, 0.25) is 10.0 Å². The van der Waals surface area contributed by atoms with Crippen LogP contribution in [0.5, 0.6) is 0 Å². The van der Waals surface area contributed by atoms with E-state index in [0.29, 0.717) is 21.3 Å². The summed E-state index contributed by atoms with van der Waals surface area (Å²) < 4.78 is 13.3. The molecule has 0 aliphatic rings. The third kappa shape index (κ3) is 3.21. The standard InChI is InChI=1S/C14H11Cl2FN2O/c15-11-2-1-3-12(16)10(11)7-19-13-6-8(17)4-5-9(13)14(18)20/h1-6,19H,7H2,(H2,18,20). The maximum Gasteiger partial charge on any atom is 0.250 e. The van der Waals surface area contributed by atoms with Crippen molar-refractivity contribution in [2.24, 2.45) is 5.73 Å². The van der Waals surface area contributed by atoms with Crippen LogP contribution in [-0.4, -0.2) is 5.91 Å². The highest BCUT2D eigenvalue weighted by Crippen LogP contribution is 2.26. The van der Waals surface area contributed by atoms with Crippen LogP contribution in [0.15, 0.2) is 36.4 Å². The Balaban J connectivity index is 2.27. The molecule has 3 N–H and O–H groups in total. The van der Waals surface area contributed by atoms with Crippen LogP contribution in [0.1, 0.15) is 15.9 Å². The molecule has 2 aromatic carbocycles. The minimum Gasteiger partial charge on any atom is -0.380 e. The van der Waals surface area contributed by atoms with Crippen LogP contribution >= 0.6 is 23.2 Å². The average molecular weight is 313 g/mol. The number of amides is 1. The summed E-state index contributed by atoms with van der Waals surface area (Å²) in [6.45, 7) is 0.252. The molecule has 104 valence electrons. The van der Waals surface area contributed by atoms with Gasteiger partial charge in [0, 0.05) is 22.2 Å². The second kappa shape index (κ2) is 6.11. The van der Waals surface area contributed by atoms with Crippen molar-refractivity contribution in [1.29, 1.82) is 0 Å². The van der Waals surface area contributed by atoms with Crippen molar-refractivity contribution in [3.8, 4) is 0 Å². The van der Waals surface area contributed by atoms with E-state index in [2.05, 4.69) is 5.32 Å². The molecule has 0 bridgehead atoms. The number of carbonyl (C=O) groups is 1. The van der Waals surface area contributed by atoms with Gasteiger partial charge in [0.2, 0.25) is 0 Å². The average Bonchev–Trinajstić information content (AvgIpc) is 2.37. The van der Waals surface area contributed by atoms with Crippen molar-refractivity contribution in [1.82, 2.24) is 0 Å². The highest BCUT2D eigenvalue weighted by atomic mass is 35.5. The summed E-state index contributed by atoms with van der Waals surface area (Å²) in [6, 6.07) is 8.83. The van der Waals surface area contributed by atoms with E-state index in [9.17, 15) is 9.18 Å². The van der Waals surface area contributed by atoms with Gasteiger partial charge >= 0.3 is 0 Å². The zero-order valence-corrected chi connectivity index (χ0v) is 11.8. The Labute approximate surface area is 125 Å². The molecule has 20 heavy (non-hydrogen) atoms. The van der Waals surface area contributed by atoms with Crippen LogP contribution in [0, 0.1) is 5.82 Å². The van der Waals surface area contributed by atoms with Gasteiger partial charge in [-0.3, -0.25) is 4.79 Å². The lowest BCUT2D eigenvalue weighted by Gasteiger charge is -2.12. The van der Waals surface area contributed by atoms with Gasteiger partial charge in [0.1, 0.15) is 5.82 Å². The summed E-state index contributed by atoms with van der Waals surface area (Å²) in [5.74, 6) is -1.11. The Morgan fingerprint density at radius 2 is 1.85 bits per heavy atom. The third-order valence-electron chi connectivity index (χ3n) is 2.76. The number of hydrogen-bond acceptors (Lipinski definition) is 2. The van der Waals surface area contributed by atoms with E-state index in [1.807, 2.05) is 0 Å². The maximum absolute atomic E-state index is 13.3. The van der Waals surface area contributed by atoms with Crippen molar-refractivity contribution < 1.29 is 9.18 Å². The molecule has 0 fully saturated rings. The first-order valence-corrected chi connectivity index (χ1v) is 6.50. The van der Waals surface area contributed by atoms with Gasteiger partial charge in [-0.2, -0.15) is 0 Å². The molecule has 0 radical (unpaired) electrons. The fourth-order valence-corrected chi connectivity index (χ4v) is 2.29. The molecule has 2 aromatic rings. The van der Waals surface area contributed by atoms with Crippen molar-refractivity contribution in [3.05, 3.63) is 63.4 Å². The Morgan fingerprint density at radius 3 is 2.45 bits per heavy atom. The SMILES string of the molecule is NC(=O)c1ccc(F)cc1NCc1c(Cl)cccc1Cl. The molecule has 0 aliphatic heterocycles. The molecule has 2 rings (SSSR count). The highest BCUT2D eigenvalue weighted by Gasteiger charge is 2.11. The molecular formula is C14H11Cl2FN2O. The Kier molecular flexibility index (Phi) is 4.47. The molecule has 0 atom stereocenters. The number of anilines is 1. The lowest BCUT2D eigenvalue weighted by atomic mass is 10.1. The lowest BCUT2D eigenvalue weighted by molar-refractivity contribution is 0.100. The van der Waals surface area contributed by atoms with E-state index in [0.717, 1.165) is 0 Å². The summed E-state index contributed by atoms with van der Waals surface area (Å²) in [7, 11) is 0. The first-order chi connectivity index (χ1) is 9.49. The van der Waals surface area contributed by atoms with Gasteiger partial charge in [0.15, 0.2) is 0 Å². The smallest absolute Gasteiger partial charge is 0.250 e. The minimum absolute atomic E-state index is 0.203. The van der Waals surface area contributed by atoms with Gasteiger partial charge < -0.3 is 11.1 Å². The molecule has 1 amide bonds. The second-order valence-electron chi connectivity index (χ2n) is 4.11. The summed E-state index contributed by atoms with van der Waals surface area (Å²) in [6.07, 6.45) is 0. The number of benzene rings is 2. The van der Waals surface area contributed by atoms with Crippen molar-refractivity contribution >= 4 is 34.8 Å². The van der Waals surface area contributed by atoms with Gasteiger partial charge in [-0.05, 0) is 30.3 Å². The van der Waals surface area contributed by atoms with E-state index in [1.165, 1.54) is 18.2 Å². The fraction of sp³-hybridized carbons (Fsp3) is 0.0714. The molecule has 0 heterocycles. The summed E-state index contributed by atoms with van der Waals surface area (Å²) in [4.78, 5) is 11.3. The third-order valence-corrected chi connectivity index (χ3v) is 3.47. The molecule has 0 spiro atoms. The Hall–Kier alpha value is -1.78. The van der Waals surface area contributed by atoms with E-state index < -0.39 is 11.7 Å². The molecular weight excluding hydrogens is 302 g/mol. The van der Waals surface area contributed by atoms with Crippen molar-refractivity contribution in [2.75, 3.05) is 5.32 Å². The Morgan fingerprint density at radius 1 is 1.20 bits per heavy atom. The number of primary amides is 1. The zero-order valence-electron chi connectivity index (χ0n) is 10.3. The van der Waals surface area contributed by atoms with Crippen LogP contribution < -0.4 is 11.1 Å². The summed E-state index contributed by atoms with van der Waals surface area (Å²) in [5, 5.41) is 3.90. The molecule has 0 aromatic heterocycles. The molecule has 6 heteroatoms. The van der Waals surface area contributed by atoms with Crippen LogP contribution in [0.3, 0.4) is 0 Å². The highest BCUT2D eigenvalue weighted by molar-refractivity contribution is 6.36. The largest absolute Gasteiger partial charge is 0.380 e. The van der Waals surface area contributed by atoms with Gasteiger partial charge in [0.25, 0.3) is 5.91 Å². The number of nitrogens with two attached hydrogens (primary N) is 1. The van der Waals surface area contributed by atoms with E-state index in [1.54, 1.807) is 18.2 Å².